The quantitative estimate of drug-likeness (QED) is 0.582. The summed E-state index contributed by atoms with van der Waals surface area (Å²) in [5.74, 6) is -0.768. The Morgan fingerprint density at radius 2 is 2.00 bits per heavy atom. The lowest BCUT2D eigenvalue weighted by molar-refractivity contribution is 0.0784. The minimum Gasteiger partial charge on any atom is -0.378 e. The van der Waals surface area contributed by atoms with Crippen LogP contribution in [0.3, 0.4) is 0 Å². The van der Waals surface area contributed by atoms with Crippen LogP contribution >= 0.6 is 0 Å². The van der Waals surface area contributed by atoms with Gasteiger partial charge in [-0.15, -0.1) is 0 Å². The Hall–Kier alpha value is -0.220. The third-order valence-electron chi connectivity index (χ3n) is 2.27. The standard InChI is InChI=1S/C8H18N2O5S2/c1-16(11,12)4-5-17(13,14)10-6-8-7-15-3-2-9-8/h8-10H,2-7H2,1H3. The lowest BCUT2D eigenvalue weighted by atomic mass is 10.3. The zero-order chi connectivity index (χ0) is 12.9. The molecule has 0 radical (unpaired) electrons. The molecule has 0 aromatic heterocycles. The summed E-state index contributed by atoms with van der Waals surface area (Å²) in [6.07, 6.45) is 1.01. The Labute approximate surface area is 102 Å². The molecule has 1 atom stereocenters. The highest BCUT2D eigenvalue weighted by atomic mass is 32.2. The molecule has 0 saturated carbocycles. The van der Waals surface area contributed by atoms with Crippen molar-refractivity contribution in [3.8, 4) is 0 Å². The fourth-order valence-electron chi connectivity index (χ4n) is 1.31. The van der Waals surface area contributed by atoms with Crippen molar-refractivity contribution >= 4 is 19.9 Å². The van der Waals surface area contributed by atoms with Gasteiger partial charge >= 0.3 is 0 Å². The minimum absolute atomic E-state index is 0.0586. The average molecular weight is 286 g/mol. The van der Waals surface area contributed by atoms with Crippen LogP contribution in [0.1, 0.15) is 0 Å². The topological polar surface area (TPSA) is 102 Å². The van der Waals surface area contributed by atoms with Crippen LogP contribution in [0, 0.1) is 0 Å². The molecule has 1 fully saturated rings. The van der Waals surface area contributed by atoms with Crippen molar-refractivity contribution < 1.29 is 21.6 Å². The predicted molar refractivity (Wildman–Crippen MR) is 64.1 cm³/mol. The van der Waals surface area contributed by atoms with Crippen LogP contribution in [-0.2, 0) is 24.6 Å². The average Bonchev–Trinajstić information content (AvgIpc) is 2.25. The first-order chi connectivity index (χ1) is 7.79. The number of sulfone groups is 1. The SMILES string of the molecule is CS(=O)(=O)CCS(=O)(=O)NCC1COCCN1. The second-order valence-electron chi connectivity index (χ2n) is 4.02. The van der Waals surface area contributed by atoms with E-state index in [4.69, 9.17) is 4.74 Å². The monoisotopic (exact) mass is 286 g/mol. The molecule has 1 saturated heterocycles. The maximum atomic E-state index is 11.5. The van der Waals surface area contributed by atoms with Crippen molar-refractivity contribution in [2.45, 2.75) is 6.04 Å². The molecule has 7 nitrogen and oxygen atoms in total. The van der Waals surface area contributed by atoms with Gasteiger partial charge < -0.3 is 10.1 Å². The van der Waals surface area contributed by atoms with Crippen LogP contribution in [0.2, 0.25) is 0 Å². The van der Waals surface area contributed by atoms with E-state index in [-0.39, 0.29) is 18.3 Å². The number of nitrogens with one attached hydrogen (secondary N) is 2. The maximum absolute atomic E-state index is 11.5. The van der Waals surface area contributed by atoms with Crippen LogP contribution in [-0.4, -0.2) is 66.9 Å². The Balaban J connectivity index is 2.33. The van der Waals surface area contributed by atoms with Gasteiger partial charge in [0.15, 0.2) is 0 Å². The molecule has 0 aliphatic carbocycles. The normalized spacial score (nSPS) is 22.5. The van der Waals surface area contributed by atoms with Crippen LogP contribution in [0.15, 0.2) is 0 Å². The number of ether oxygens (including phenoxy) is 1. The third kappa shape index (κ3) is 6.94. The largest absolute Gasteiger partial charge is 0.378 e. The molecule has 0 bridgehead atoms. The molecule has 17 heavy (non-hydrogen) atoms. The molecule has 1 heterocycles. The van der Waals surface area contributed by atoms with Gasteiger partial charge in [-0.3, -0.25) is 0 Å². The van der Waals surface area contributed by atoms with Crippen LogP contribution in [0.25, 0.3) is 0 Å². The maximum Gasteiger partial charge on any atom is 0.212 e. The Bertz CT molecular complexity index is 425. The summed E-state index contributed by atoms with van der Waals surface area (Å²) in [5, 5.41) is 3.09. The fraction of sp³-hybridized carbons (Fsp3) is 1.00. The van der Waals surface area contributed by atoms with Gasteiger partial charge in [0.1, 0.15) is 9.84 Å². The van der Waals surface area contributed by atoms with Gasteiger partial charge in [-0.25, -0.2) is 21.6 Å². The van der Waals surface area contributed by atoms with Gasteiger partial charge in [-0.1, -0.05) is 0 Å². The summed E-state index contributed by atoms with van der Waals surface area (Å²) in [7, 11) is -6.80. The summed E-state index contributed by atoms with van der Waals surface area (Å²) in [5.41, 5.74) is 0. The van der Waals surface area contributed by atoms with Gasteiger partial charge in [-0.05, 0) is 0 Å². The van der Waals surface area contributed by atoms with Gasteiger partial charge in [0.25, 0.3) is 0 Å². The molecule has 1 aliphatic rings. The number of hydrogen-bond donors (Lipinski definition) is 2. The Kier molecular flexibility index (Phi) is 5.32. The smallest absolute Gasteiger partial charge is 0.212 e. The van der Waals surface area contributed by atoms with Gasteiger partial charge in [-0.2, -0.15) is 0 Å². The van der Waals surface area contributed by atoms with Crippen molar-refractivity contribution in [1.29, 1.82) is 0 Å². The van der Waals surface area contributed by atoms with E-state index in [1.54, 1.807) is 0 Å². The first kappa shape index (κ1) is 14.8. The first-order valence-corrected chi connectivity index (χ1v) is 8.96. The highest BCUT2D eigenvalue weighted by Crippen LogP contribution is 1.94. The molecular weight excluding hydrogens is 268 g/mol. The van der Waals surface area contributed by atoms with E-state index in [1.165, 1.54) is 0 Å². The summed E-state index contributed by atoms with van der Waals surface area (Å²) in [6, 6.07) is -0.0586. The lowest BCUT2D eigenvalue weighted by Crippen LogP contribution is -2.48. The van der Waals surface area contributed by atoms with E-state index >= 15 is 0 Å². The third-order valence-corrected chi connectivity index (χ3v) is 4.82. The molecule has 1 rings (SSSR count). The molecule has 2 N–H and O–H groups in total. The number of morpholine rings is 1. The fourth-order valence-corrected chi connectivity index (χ4v) is 4.00. The highest BCUT2D eigenvalue weighted by Gasteiger charge is 2.18. The van der Waals surface area contributed by atoms with E-state index < -0.39 is 25.6 Å². The van der Waals surface area contributed by atoms with Gasteiger partial charge in [0.05, 0.1) is 24.7 Å². The number of sulfonamides is 1. The predicted octanol–water partition coefficient (Wildman–Crippen LogP) is -2.06. The molecule has 1 unspecified atom stereocenters. The van der Waals surface area contributed by atoms with Crippen molar-refractivity contribution in [1.82, 2.24) is 10.0 Å². The molecule has 102 valence electrons. The molecule has 0 amide bonds. The first-order valence-electron chi connectivity index (χ1n) is 5.25. The summed E-state index contributed by atoms with van der Waals surface area (Å²) in [4.78, 5) is 0. The van der Waals surface area contributed by atoms with E-state index in [1.807, 2.05) is 0 Å². The number of hydrogen-bond acceptors (Lipinski definition) is 6. The molecule has 9 heteroatoms. The van der Waals surface area contributed by atoms with Crippen molar-refractivity contribution in [2.24, 2.45) is 0 Å². The van der Waals surface area contributed by atoms with Gasteiger partial charge in [0, 0.05) is 25.4 Å². The van der Waals surface area contributed by atoms with E-state index in [2.05, 4.69) is 10.0 Å². The molecule has 0 aromatic rings. The highest BCUT2D eigenvalue weighted by molar-refractivity contribution is 7.93. The lowest BCUT2D eigenvalue weighted by Gasteiger charge is -2.23. The van der Waals surface area contributed by atoms with Crippen molar-refractivity contribution in [3.63, 3.8) is 0 Å². The summed E-state index contributed by atoms with van der Waals surface area (Å²) in [6.45, 7) is 1.98. The van der Waals surface area contributed by atoms with E-state index in [0.29, 0.717) is 19.8 Å². The summed E-state index contributed by atoms with van der Waals surface area (Å²) >= 11 is 0. The summed E-state index contributed by atoms with van der Waals surface area (Å²) < 4.78 is 52.2. The molecule has 0 aromatic carbocycles. The Morgan fingerprint density at radius 1 is 1.29 bits per heavy atom. The molecule has 0 spiro atoms. The van der Waals surface area contributed by atoms with E-state index in [0.717, 1.165) is 6.26 Å². The second-order valence-corrected chi connectivity index (χ2v) is 8.21. The van der Waals surface area contributed by atoms with Crippen molar-refractivity contribution in [3.05, 3.63) is 0 Å². The van der Waals surface area contributed by atoms with E-state index in [9.17, 15) is 16.8 Å². The Morgan fingerprint density at radius 3 is 2.53 bits per heavy atom. The zero-order valence-corrected chi connectivity index (χ0v) is 11.3. The number of rotatable bonds is 6. The minimum atomic E-state index is -3.54. The van der Waals surface area contributed by atoms with Crippen LogP contribution < -0.4 is 10.0 Å². The van der Waals surface area contributed by atoms with Crippen molar-refractivity contribution in [2.75, 3.05) is 44.1 Å². The van der Waals surface area contributed by atoms with Crippen LogP contribution in [0.5, 0.6) is 0 Å². The zero-order valence-electron chi connectivity index (χ0n) is 9.68. The van der Waals surface area contributed by atoms with Gasteiger partial charge in [0.2, 0.25) is 10.0 Å². The molecule has 1 aliphatic heterocycles. The van der Waals surface area contributed by atoms with Crippen LogP contribution in [0.4, 0.5) is 0 Å². The molecular formula is C8H18N2O5S2. The second kappa shape index (κ2) is 6.10.